The van der Waals surface area contributed by atoms with Crippen LogP contribution in [-0.4, -0.2) is 42.1 Å². The molecule has 8 nitrogen and oxygen atoms in total. The summed E-state index contributed by atoms with van der Waals surface area (Å²) in [5.41, 5.74) is 3.58. The lowest BCUT2D eigenvalue weighted by Crippen LogP contribution is -2.19. The van der Waals surface area contributed by atoms with Crippen molar-refractivity contribution in [2.24, 2.45) is 0 Å². The maximum atomic E-state index is 13.3. The van der Waals surface area contributed by atoms with Crippen molar-refractivity contribution in [1.29, 1.82) is 0 Å². The molecule has 0 saturated heterocycles. The first-order chi connectivity index (χ1) is 18.4. The van der Waals surface area contributed by atoms with Crippen LogP contribution in [0.2, 0.25) is 0 Å². The van der Waals surface area contributed by atoms with Gasteiger partial charge in [-0.1, -0.05) is 6.07 Å². The maximum Gasteiger partial charge on any atom is 0.213 e. The second-order valence-electron chi connectivity index (χ2n) is 9.41. The van der Waals surface area contributed by atoms with Gasteiger partial charge in [0.25, 0.3) is 0 Å². The zero-order valence-corrected chi connectivity index (χ0v) is 21.9. The first kappa shape index (κ1) is 25.2. The number of hydrogen-bond acceptors (Lipinski definition) is 8. The van der Waals surface area contributed by atoms with Crippen molar-refractivity contribution in [3.8, 4) is 23.1 Å². The topological polar surface area (TPSA) is 86.9 Å². The van der Waals surface area contributed by atoms with Crippen LogP contribution in [0.5, 0.6) is 23.1 Å². The van der Waals surface area contributed by atoms with E-state index in [1.807, 2.05) is 57.1 Å². The highest BCUT2D eigenvalue weighted by Gasteiger charge is 2.14. The molecule has 5 aromatic rings. The third-order valence-electron chi connectivity index (χ3n) is 5.95. The minimum Gasteiger partial charge on any atom is -0.488 e. The molecule has 0 radical (unpaired) electrons. The number of benzene rings is 2. The molecule has 0 saturated carbocycles. The third-order valence-corrected chi connectivity index (χ3v) is 5.95. The van der Waals surface area contributed by atoms with Crippen LogP contribution in [0.4, 0.5) is 0 Å². The average Bonchev–Trinajstić information content (AvgIpc) is 2.90. The van der Waals surface area contributed by atoms with Gasteiger partial charge in [-0.25, -0.2) is 4.98 Å². The smallest absolute Gasteiger partial charge is 0.213 e. The van der Waals surface area contributed by atoms with E-state index in [9.17, 15) is 4.79 Å². The van der Waals surface area contributed by atoms with E-state index in [1.54, 1.807) is 42.7 Å². The fraction of sp³-hybridized carbons (Fsp3) is 0.233. The Bertz CT molecular complexity index is 1630. The van der Waals surface area contributed by atoms with E-state index in [2.05, 4.69) is 9.97 Å². The molecule has 0 N–H and O–H groups in total. The highest BCUT2D eigenvalue weighted by atomic mass is 16.5. The zero-order chi connectivity index (χ0) is 26.6. The van der Waals surface area contributed by atoms with Crippen LogP contribution in [0.15, 0.2) is 76.2 Å². The Morgan fingerprint density at radius 1 is 0.868 bits per heavy atom. The van der Waals surface area contributed by atoms with Crippen LogP contribution >= 0.6 is 0 Å². The predicted octanol–water partition coefficient (Wildman–Crippen LogP) is 5.66. The first-order valence-electron chi connectivity index (χ1n) is 12.3. The number of fused-ring (bicyclic) bond motifs is 2. The summed E-state index contributed by atoms with van der Waals surface area (Å²) in [5.74, 6) is 2.07. The van der Waals surface area contributed by atoms with Crippen LogP contribution in [0, 0.1) is 13.8 Å². The molecule has 0 unspecified atom stereocenters. The van der Waals surface area contributed by atoms with Crippen LogP contribution in [-0.2, 0) is 6.61 Å². The van der Waals surface area contributed by atoms with Gasteiger partial charge in [0.1, 0.15) is 30.3 Å². The molecule has 0 atom stereocenters. The molecule has 0 spiro atoms. The van der Waals surface area contributed by atoms with Gasteiger partial charge in [0.15, 0.2) is 11.3 Å². The molecule has 38 heavy (non-hydrogen) atoms. The van der Waals surface area contributed by atoms with E-state index in [0.29, 0.717) is 58.3 Å². The Kier molecular flexibility index (Phi) is 7.24. The van der Waals surface area contributed by atoms with E-state index < -0.39 is 0 Å². The molecule has 0 aliphatic heterocycles. The minimum absolute atomic E-state index is 0.110. The number of pyridine rings is 2. The summed E-state index contributed by atoms with van der Waals surface area (Å²) in [7, 11) is 3.96. The van der Waals surface area contributed by atoms with Gasteiger partial charge >= 0.3 is 0 Å². The number of aryl methyl sites for hydroxylation is 2. The summed E-state index contributed by atoms with van der Waals surface area (Å²) in [5, 5.41) is 0.967. The second kappa shape index (κ2) is 10.9. The summed E-state index contributed by atoms with van der Waals surface area (Å²) < 4.78 is 23.9. The van der Waals surface area contributed by atoms with Crippen molar-refractivity contribution in [2.45, 2.75) is 20.5 Å². The van der Waals surface area contributed by atoms with Crippen molar-refractivity contribution in [1.82, 2.24) is 14.9 Å². The molecule has 0 amide bonds. The molecule has 0 aliphatic carbocycles. The molecule has 5 rings (SSSR count). The van der Waals surface area contributed by atoms with Crippen LogP contribution in [0.25, 0.3) is 21.9 Å². The number of likely N-dealkylation sites (N-methyl/N-ethyl adjacent to an activating group) is 1. The van der Waals surface area contributed by atoms with Crippen molar-refractivity contribution in [2.75, 3.05) is 27.2 Å². The molecular weight excluding hydrogens is 482 g/mol. The Labute approximate surface area is 220 Å². The standard InChI is InChI=1S/C30H29N3O5/c1-19-13-25-29(34)24-9-7-22(15-26(24)38-30(25)27(14-19)35-12-11-33(3)4)37-23-8-10-28(32-17-23)36-18-21-6-5-20(2)31-16-21/h5-10,13-17H,11-12,18H2,1-4H3. The van der Waals surface area contributed by atoms with Gasteiger partial charge in [-0.2, -0.15) is 0 Å². The molecule has 8 heteroatoms. The van der Waals surface area contributed by atoms with Gasteiger partial charge in [0.2, 0.25) is 11.3 Å². The average molecular weight is 512 g/mol. The van der Waals surface area contributed by atoms with Gasteiger partial charge in [-0.05, 0) is 69.9 Å². The van der Waals surface area contributed by atoms with Crippen molar-refractivity contribution in [3.05, 3.63) is 94.0 Å². The van der Waals surface area contributed by atoms with Crippen LogP contribution in [0.3, 0.4) is 0 Å². The van der Waals surface area contributed by atoms with Gasteiger partial charge in [0.05, 0.1) is 17.0 Å². The Morgan fingerprint density at radius 3 is 2.45 bits per heavy atom. The Hall–Kier alpha value is -4.43. The highest BCUT2D eigenvalue weighted by molar-refractivity contribution is 5.93. The van der Waals surface area contributed by atoms with Crippen molar-refractivity contribution in [3.63, 3.8) is 0 Å². The van der Waals surface area contributed by atoms with Crippen molar-refractivity contribution >= 4 is 21.9 Å². The summed E-state index contributed by atoms with van der Waals surface area (Å²) in [6, 6.07) is 16.3. The monoisotopic (exact) mass is 511 g/mol. The molecule has 0 aliphatic rings. The Balaban J connectivity index is 1.36. The Morgan fingerprint density at radius 2 is 1.71 bits per heavy atom. The number of aromatic nitrogens is 2. The number of hydrogen-bond donors (Lipinski definition) is 0. The molecule has 0 bridgehead atoms. The van der Waals surface area contributed by atoms with Gasteiger partial charge in [-0.15, -0.1) is 0 Å². The fourth-order valence-corrected chi connectivity index (χ4v) is 3.94. The van der Waals surface area contributed by atoms with Crippen LogP contribution in [0.1, 0.15) is 16.8 Å². The molecule has 194 valence electrons. The first-order valence-corrected chi connectivity index (χ1v) is 12.3. The predicted molar refractivity (Wildman–Crippen MR) is 146 cm³/mol. The second-order valence-corrected chi connectivity index (χ2v) is 9.41. The fourth-order valence-electron chi connectivity index (χ4n) is 3.94. The summed E-state index contributed by atoms with van der Waals surface area (Å²) >= 11 is 0. The van der Waals surface area contributed by atoms with Gasteiger partial charge in [0, 0.05) is 36.1 Å². The lowest BCUT2D eigenvalue weighted by atomic mass is 10.1. The van der Waals surface area contributed by atoms with Crippen LogP contribution < -0.4 is 19.6 Å². The minimum atomic E-state index is -0.110. The number of nitrogens with zero attached hydrogens (tertiary/aromatic N) is 3. The molecule has 0 fully saturated rings. The van der Waals surface area contributed by atoms with E-state index in [0.717, 1.165) is 23.4 Å². The molecular formula is C30H29N3O5. The van der Waals surface area contributed by atoms with E-state index in [-0.39, 0.29) is 5.43 Å². The zero-order valence-electron chi connectivity index (χ0n) is 21.9. The normalized spacial score (nSPS) is 11.3. The molecule has 3 aromatic heterocycles. The van der Waals surface area contributed by atoms with Gasteiger partial charge in [-0.3, -0.25) is 9.78 Å². The van der Waals surface area contributed by atoms with Gasteiger partial charge < -0.3 is 23.5 Å². The van der Waals surface area contributed by atoms with E-state index in [4.69, 9.17) is 18.6 Å². The number of ether oxygens (including phenoxy) is 3. The lowest BCUT2D eigenvalue weighted by Gasteiger charge is -2.13. The lowest BCUT2D eigenvalue weighted by molar-refractivity contribution is 0.261. The maximum absolute atomic E-state index is 13.3. The van der Waals surface area contributed by atoms with Crippen molar-refractivity contribution < 1.29 is 18.6 Å². The van der Waals surface area contributed by atoms with E-state index >= 15 is 0 Å². The third kappa shape index (κ3) is 5.76. The summed E-state index contributed by atoms with van der Waals surface area (Å²) in [6.45, 7) is 5.47. The highest BCUT2D eigenvalue weighted by Crippen LogP contribution is 2.31. The molecule has 2 aromatic carbocycles. The quantitative estimate of drug-likeness (QED) is 0.234. The summed E-state index contributed by atoms with van der Waals surface area (Å²) in [6.07, 6.45) is 3.37. The largest absolute Gasteiger partial charge is 0.488 e. The number of rotatable bonds is 9. The SMILES string of the molecule is Cc1cc(OCCN(C)C)c2oc3cc(Oc4ccc(OCc5ccc(C)nc5)nc4)ccc3c(=O)c2c1. The van der Waals surface area contributed by atoms with E-state index in [1.165, 1.54) is 0 Å². The summed E-state index contributed by atoms with van der Waals surface area (Å²) in [4.78, 5) is 23.9. The molecule has 3 heterocycles.